The molecule has 0 amide bonds. The predicted octanol–water partition coefficient (Wildman–Crippen LogP) is 3.60. The summed E-state index contributed by atoms with van der Waals surface area (Å²) in [7, 11) is 0. The first-order valence-corrected chi connectivity index (χ1v) is 7.68. The zero-order valence-electron chi connectivity index (χ0n) is 13.3. The summed E-state index contributed by atoms with van der Waals surface area (Å²) >= 11 is 0. The molecular formula is C17H15F3N4O. The first-order chi connectivity index (χ1) is 11.9. The van der Waals surface area contributed by atoms with Crippen molar-refractivity contribution in [3.8, 4) is 11.9 Å². The number of nitriles is 1. The second kappa shape index (κ2) is 6.16. The minimum Gasteiger partial charge on any atom is -0.420 e. The van der Waals surface area contributed by atoms with Crippen LogP contribution in [0, 0.1) is 11.3 Å². The molecule has 1 atom stereocenters. The van der Waals surface area contributed by atoms with Gasteiger partial charge in [-0.15, -0.1) is 5.10 Å². The molecule has 1 aliphatic rings. The Morgan fingerprint density at radius 3 is 2.56 bits per heavy atom. The van der Waals surface area contributed by atoms with E-state index in [1.54, 1.807) is 0 Å². The summed E-state index contributed by atoms with van der Waals surface area (Å²) < 4.78 is 43.8. The molecule has 2 heterocycles. The number of fused-ring (bicyclic) bond motifs is 1. The van der Waals surface area contributed by atoms with Crippen LogP contribution in [-0.2, 0) is 12.6 Å². The molecule has 0 fully saturated rings. The van der Waals surface area contributed by atoms with Crippen LogP contribution in [0.3, 0.4) is 0 Å². The Balaban J connectivity index is 2.13. The van der Waals surface area contributed by atoms with E-state index >= 15 is 0 Å². The minimum atomic E-state index is -4.42. The summed E-state index contributed by atoms with van der Waals surface area (Å²) in [5.74, 6) is -0.448. The minimum absolute atomic E-state index is 0.0885. The van der Waals surface area contributed by atoms with Gasteiger partial charge < -0.3 is 10.5 Å². The van der Waals surface area contributed by atoms with Crippen molar-refractivity contribution in [1.82, 2.24) is 10.2 Å². The van der Waals surface area contributed by atoms with Gasteiger partial charge >= 0.3 is 6.18 Å². The van der Waals surface area contributed by atoms with Gasteiger partial charge in [0.2, 0.25) is 11.8 Å². The van der Waals surface area contributed by atoms with Crippen molar-refractivity contribution in [1.29, 1.82) is 5.26 Å². The van der Waals surface area contributed by atoms with Crippen LogP contribution in [0.2, 0.25) is 0 Å². The standard InChI is InChI=1S/C17H15F3N4O/c1-2-3-12-14-13(9-4-6-10(7-5-9)17(18,19)20)11(8-21)15(22)25-16(14)24-23-12/h4-7,13H,2-3,22H2,1H3,(H,23,24). The Hall–Kier alpha value is -2.95. The van der Waals surface area contributed by atoms with Gasteiger partial charge in [0.05, 0.1) is 11.5 Å². The predicted molar refractivity (Wildman–Crippen MR) is 83.3 cm³/mol. The average molecular weight is 348 g/mol. The molecule has 8 heteroatoms. The first kappa shape index (κ1) is 16.9. The zero-order chi connectivity index (χ0) is 18.2. The normalized spacial score (nSPS) is 17.0. The summed E-state index contributed by atoms with van der Waals surface area (Å²) in [4.78, 5) is 0. The lowest BCUT2D eigenvalue weighted by molar-refractivity contribution is -0.137. The van der Waals surface area contributed by atoms with Gasteiger partial charge in [-0.3, -0.25) is 5.10 Å². The number of ether oxygens (including phenoxy) is 1. The van der Waals surface area contributed by atoms with Crippen LogP contribution >= 0.6 is 0 Å². The molecule has 3 N–H and O–H groups in total. The maximum atomic E-state index is 12.8. The number of alkyl halides is 3. The molecule has 1 aromatic carbocycles. The molecule has 5 nitrogen and oxygen atoms in total. The fourth-order valence-electron chi connectivity index (χ4n) is 2.95. The van der Waals surface area contributed by atoms with Gasteiger partial charge in [0.25, 0.3) is 0 Å². The van der Waals surface area contributed by atoms with Crippen molar-refractivity contribution in [3.63, 3.8) is 0 Å². The van der Waals surface area contributed by atoms with Gasteiger partial charge in [0.15, 0.2) is 0 Å². The second-order valence-corrected chi connectivity index (χ2v) is 5.72. The van der Waals surface area contributed by atoms with Crippen molar-refractivity contribution >= 4 is 0 Å². The Bertz CT molecular complexity index is 859. The monoisotopic (exact) mass is 348 g/mol. The van der Waals surface area contributed by atoms with Gasteiger partial charge in [0, 0.05) is 11.3 Å². The number of H-pyrrole nitrogens is 1. The van der Waals surface area contributed by atoms with Crippen LogP contribution in [0.4, 0.5) is 13.2 Å². The summed E-state index contributed by atoms with van der Waals surface area (Å²) in [5.41, 5.74) is 7.17. The van der Waals surface area contributed by atoms with Crippen LogP contribution in [0.25, 0.3) is 0 Å². The number of aryl methyl sites for hydroxylation is 1. The molecule has 1 unspecified atom stereocenters. The molecule has 0 aliphatic carbocycles. The molecule has 25 heavy (non-hydrogen) atoms. The Labute approximate surface area is 141 Å². The fraction of sp³-hybridized carbons (Fsp3) is 0.294. The number of nitrogens with zero attached hydrogens (tertiary/aromatic N) is 2. The molecule has 3 rings (SSSR count). The van der Waals surface area contributed by atoms with E-state index in [2.05, 4.69) is 10.2 Å². The zero-order valence-corrected chi connectivity index (χ0v) is 13.3. The summed E-state index contributed by atoms with van der Waals surface area (Å²) in [6.07, 6.45) is -2.92. The topological polar surface area (TPSA) is 87.7 Å². The number of allylic oxidation sites excluding steroid dienone is 1. The molecule has 1 aromatic heterocycles. The van der Waals surface area contributed by atoms with Crippen molar-refractivity contribution in [2.75, 3.05) is 0 Å². The summed E-state index contributed by atoms with van der Waals surface area (Å²) in [6.45, 7) is 1.99. The van der Waals surface area contributed by atoms with E-state index in [1.807, 2.05) is 13.0 Å². The van der Waals surface area contributed by atoms with E-state index < -0.39 is 17.7 Å². The van der Waals surface area contributed by atoms with Gasteiger partial charge in [-0.25, -0.2) is 0 Å². The van der Waals surface area contributed by atoms with Crippen molar-refractivity contribution in [2.24, 2.45) is 5.73 Å². The third-order valence-corrected chi connectivity index (χ3v) is 4.09. The van der Waals surface area contributed by atoms with E-state index in [-0.39, 0.29) is 17.3 Å². The number of rotatable bonds is 3. The highest BCUT2D eigenvalue weighted by molar-refractivity contribution is 5.55. The van der Waals surface area contributed by atoms with E-state index in [4.69, 9.17) is 10.5 Å². The van der Waals surface area contributed by atoms with Gasteiger partial charge in [-0.2, -0.15) is 18.4 Å². The number of aromatic nitrogens is 2. The van der Waals surface area contributed by atoms with Gasteiger partial charge in [-0.1, -0.05) is 25.5 Å². The van der Waals surface area contributed by atoms with Crippen molar-refractivity contribution in [3.05, 3.63) is 58.1 Å². The number of nitrogens with one attached hydrogen (secondary N) is 1. The van der Waals surface area contributed by atoms with Gasteiger partial charge in [-0.05, 0) is 24.1 Å². The maximum absolute atomic E-state index is 12.8. The van der Waals surface area contributed by atoms with Crippen LogP contribution in [0.1, 0.15) is 41.6 Å². The lowest BCUT2D eigenvalue weighted by Crippen LogP contribution is -2.21. The molecule has 0 saturated carbocycles. The van der Waals surface area contributed by atoms with E-state index in [9.17, 15) is 18.4 Å². The number of benzene rings is 1. The number of halogens is 3. The average Bonchev–Trinajstić information content (AvgIpc) is 2.95. The first-order valence-electron chi connectivity index (χ1n) is 7.68. The number of hydrogen-bond acceptors (Lipinski definition) is 4. The van der Waals surface area contributed by atoms with Crippen LogP contribution in [0.15, 0.2) is 35.7 Å². The Kier molecular flexibility index (Phi) is 4.17. The largest absolute Gasteiger partial charge is 0.420 e. The summed E-state index contributed by atoms with van der Waals surface area (Å²) in [5, 5.41) is 16.4. The van der Waals surface area contributed by atoms with E-state index in [0.717, 1.165) is 24.2 Å². The quantitative estimate of drug-likeness (QED) is 0.887. The van der Waals surface area contributed by atoms with Crippen molar-refractivity contribution in [2.45, 2.75) is 31.9 Å². The highest BCUT2D eigenvalue weighted by Gasteiger charge is 2.36. The van der Waals surface area contributed by atoms with E-state index in [1.165, 1.54) is 12.1 Å². The Morgan fingerprint density at radius 2 is 2.00 bits per heavy atom. The van der Waals surface area contributed by atoms with Crippen LogP contribution in [-0.4, -0.2) is 10.2 Å². The summed E-state index contributed by atoms with van der Waals surface area (Å²) in [6, 6.07) is 6.72. The molecular weight excluding hydrogens is 333 g/mol. The lowest BCUT2D eigenvalue weighted by atomic mass is 9.83. The lowest BCUT2D eigenvalue weighted by Gasteiger charge is -2.24. The maximum Gasteiger partial charge on any atom is 0.416 e. The van der Waals surface area contributed by atoms with Crippen LogP contribution < -0.4 is 10.5 Å². The molecule has 0 saturated heterocycles. The third kappa shape index (κ3) is 2.93. The SMILES string of the molecule is CCCc1[nH]nc2c1C(c1ccc(C(F)(F)F)cc1)C(C#N)=C(N)O2. The number of hydrogen-bond donors (Lipinski definition) is 2. The molecule has 2 aromatic rings. The molecule has 0 spiro atoms. The van der Waals surface area contributed by atoms with E-state index in [0.29, 0.717) is 17.5 Å². The molecule has 1 aliphatic heterocycles. The molecule has 130 valence electrons. The molecule has 0 radical (unpaired) electrons. The smallest absolute Gasteiger partial charge is 0.416 e. The van der Waals surface area contributed by atoms with Crippen molar-refractivity contribution < 1.29 is 17.9 Å². The fourth-order valence-corrected chi connectivity index (χ4v) is 2.95. The molecule has 0 bridgehead atoms. The highest BCUT2D eigenvalue weighted by atomic mass is 19.4. The highest BCUT2D eigenvalue weighted by Crippen LogP contribution is 2.43. The Morgan fingerprint density at radius 1 is 1.32 bits per heavy atom. The van der Waals surface area contributed by atoms with Crippen LogP contribution in [0.5, 0.6) is 5.88 Å². The second-order valence-electron chi connectivity index (χ2n) is 5.72. The third-order valence-electron chi connectivity index (χ3n) is 4.09. The number of nitrogens with two attached hydrogens (primary N) is 1. The number of aromatic amines is 1. The van der Waals surface area contributed by atoms with Gasteiger partial charge in [0.1, 0.15) is 11.6 Å².